The molecule has 0 N–H and O–H groups in total. The number of aryl methyl sites for hydroxylation is 1. The van der Waals surface area contributed by atoms with Crippen LogP contribution >= 0.6 is 0 Å². The number of esters is 3. The lowest BCUT2D eigenvalue weighted by Crippen LogP contribution is -2.25. The van der Waals surface area contributed by atoms with Gasteiger partial charge in [0.05, 0.1) is 0 Å². The molecule has 1 unspecified atom stereocenters. The van der Waals surface area contributed by atoms with Crippen LogP contribution in [0.1, 0.15) is 37.5 Å². The Morgan fingerprint density at radius 3 is 1.90 bits per heavy atom. The Morgan fingerprint density at radius 2 is 1.26 bits per heavy atom. The molecule has 1 atom stereocenters. The SMILES string of the molecule is C=C(C)C(=O)Oc1ccc(-c2ccc(-c3ccc4c(c3)CC(OC(=O)C(=O)C(=C)C)C4)cc2C)c(OC(=O)C(=C)C)c1. The largest absolute Gasteiger partial charge is 0.456 e. The first-order valence-electron chi connectivity index (χ1n) is 13.4. The summed E-state index contributed by atoms with van der Waals surface area (Å²) in [6, 6.07) is 16.9. The fourth-order valence-corrected chi connectivity index (χ4v) is 4.62. The fourth-order valence-electron chi connectivity index (χ4n) is 4.62. The minimum Gasteiger partial charge on any atom is -0.456 e. The molecule has 7 heteroatoms. The van der Waals surface area contributed by atoms with Crippen molar-refractivity contribution in [1.82, 2.24) is 0 Å². The van der Waals surface area contributed by atoms with Crippen LogP contribution in [0, 0.1) is 6.92 Å². The number of rotatable bonds is 9. The van der Waals surface area contributed by atoms with Crippen LogP contribution < -0.4 is 9.47 Å². The summed E-state index contributed by atoms with van der Waals surface area (Å²) in [7, 11) is 0. The van der Waals surface area contributed by atoms with Gasteiger partial charge in [-0.2, -0.15) is 0 Å². The molecule has 4 rings (SSSR count). The first kappa shape index (κ1) is 29.9. The highest BCUT2D eigenvalue weighted by atomic mass is 16.6. The van der Waals surface area contributed by atoms with Gasteiger partial charge in [0, 0.05) is 35.6 Å². The second-order valence-corrected chi connectivity index (χ2v) is 10.6. The molecule has 1 aliphatic carbocycles. The molecule has 1 aliphatic rings. The van der Waals surface area contributed by atoms with Crippen LogP contribution in [-0.2, 0) is 36.8 Å². The first-order valence-corrected chi connectivity index (χ1v) is 13.4. The molecule has 0 aromatic heterocycles. The Hall–Kier alpha value is -5.04. The van der Waals surface area contributed by atoms with E-state index in [0.717, 1.165) is 33.4 Å². The van der Waals surface area contributed by atoms with Crippen molar-refractivity contribution in [1.29, 1.82) is 0 Å². The van der Waals surface area contributed by atoms with Gasteiger partial charge in [-0.3, -0.25) is 4.79 Å². The molecule has 0 amide bonds. The van der Waals surface area contributed by atoms with E-state index in [4.69, 9.17) is 14.2 Å². The van der Waals surface area contributed by atoms with Crippen molar-refractivity contribution in [2.45, 2.75) is 46.6 Å². The zero-order valence-corrected chi connectivity index (χ0v) is 24.2. The maximum Gasteiger partial charge on any atom is 0.379 e. The Bertz CT molecular complexity index is 1670. The molecule has 0 saturated heterocycles. The summed E-state index contributed by atoms with van der Waals surface area (Å²) >= 11 is 0. The maximum atomic E-state index is 12.4. The number of carbonyl (C=O) groups excluding carboxylic acids is 4. The normalized spacial score (nSPS) is 13.5. The van der Waals surface area contributed by atoms with Crippen LogP contribution in [0.2, 0.25) is 0 Å². The molecule has 0 aliphatic heterocycles. The second-order valence-electron chi connectivity index (χ2n) is 10.6. The van der Waals surface area contributed by atoms with Crippen LogP contribution in [0.4, 0.5) is 0 Å². The Morgan fingerprint density at radius 1 is 0.667 bits per heavy atom. The van der Waals surface area contributed by atoms with Gasteiger partial charge in [0.2, 0.25) is 0 Å². The van der Waals surface area contributed by atoms with E-state index < -0.39 is 29.8 Å². The quantitative estimate of drug-likeness (QED) is 0.128. The van der Waals surface area contributed by atoms with Gasteiger partial charge in [0.25, 0.3) is 5.78 Å². The predicted molar refractivity (Wildman–Crippen MR) is 160 cm³/mol. The zero-order valence-electron chi connectivity index (χ0n) is 24.2. The standard InChI is InChI=1S/C35H32O7/c1-19(2)32(36)35(39)41-28-16-25-9-8-24(15-26(25)17-28)23-10-12-29(22(7)14-23)30-13-11-27(40-33(37)20(3)4)18-31(30)42-34(38)21(5)6/h8-15,18,28H,1,3,5,16-17H2,2,4,6-7H3. The van der Waals surface area contributed by atoms with Crippen molar-refractivity contribution in [3.05, 3.63) is 108 Å². The molecule has 0 radical (unpaired) electrons. The molecule has 42 heavy (non-hydrogen) atoms. The lowest BCUT2D eigenvalue weighted by molar-refractivity contribution is -0.156. The van der Waals surface area contributed by atoms with Crippen molar-refractivity contribution in [2.24, 2.45) is 0 Å². The summed E-state index contributed by atoms with van der Waals surface area (Å²) in [5.74, 6) is -2.31. The first-order chi connectivity index (χ1) is 19.8. The molecule has 0 saturated carbocycles. The summed E-state index contributed by atoms with van der Waals surface area (Å²) < 4.78 is 16.4. The van der Waals surface area contributed by atoms with Crippen molar-refractivity contribution in [3.8, 4) is 33.8 Å². The van der Waals surface area contributed by atoms with E-state index in [1.54, 1.807) is 26.0 Å². The molecular weight excluding hydrogens is 532 g/mol. The Kier molecular flexibility index (Phi) is 8.71. The monoisotopic (exact) mass is 564 g/mol. The third kappa shape index (κ3) is 6.63. The molecule has 0 spiro atoms. The second kappa shape index (κ2) is 12.2. The Labute approximate surface area is 245 Å². The number of hydrogen-bond donors (Lipinski definition) is 0. The zero-order chi connectivity index (χ0) is 30.7. The number of benzene rings is 3. The van der Waals surface area contributed by atoms with Crippen molar-refractivity contribution in [3.63, 3.8) is 0 Å². The van der Waals surface area contributed by atoms with E-state index in [1.807, 2.05) is 37.3 Å². The summed E-state index contributed by atoms with van der Waals surface area (Å²) in [5, 5.41) is 0. The van der Waals surface area contributed by atoms with Gasteiger partial charge in [0.1, 0.15) is 17.6 Å². The molecule has 3 aromatic rings. The highest BCUT2D eigenvalue weighted by Gasteiger charge is 2.28. The maximum absolute atomic E-state index is 12.4. The third-order valence-corrected chi connectivity index (χ3v) is 6.86. The van der Waals surface area contributed by atoms with E-state index in [0.29, 0.717) is 18.4 Å². The highest BCUT2D eigenvalue weighted by molar-refractivity contribution is 6.40. The molecule has 214 valence electrons. The van der Waals surface area contributed by atoms with Crippen LogP contribution in [0.5, 0.6) is 11.5 Å². The summed E-state index contributed by atoms with van der Waals surface area (Å²) in [4.78, 5) is 48.4. The van der Waals surface area contributed by atoms with Crippen molar-refractivity contribution < 1.29 is 33.4 Å². The van der Waals surface area contributed by atoms with E-state index in [-0.39, 0.29) is 28.2 Å². The van der Waals surface area contributed by atoms with Gasteiger partial charge in [-0.15, -0.1) is 0 Å². The van der Waals surface area contributed by atoms with Gasteiger partial charge in [0.15, 0.2) is 0 Å². The van der Waals surface area contributed by atoms with Crippen LogP contribution in [0.3, 0.4) is 0 Å². The van der Waals surface area contributed by atoms with E-state index in [9.17, 15) is 19.2 Å². The summed E-state index contributed by atoms with van der Waals surface area (Å²) in [6.07, 6.45) is 0.676. The molecule has 0 fully saturated rings. The lowest BCUT2D eigenvalue weighted by atomic mass is 9.94. The number of carbonyl (C=O) groups is 4. The van der Waals surface area contributed by atoms with Crippen LogP contribution in [0.15, 0.2) is 91.1 Å². The summed E-state index contributed by atoms with van der Waals surface area (Å²) in [6.45, 7) is 17.3. The lowest BCUT2D eigenvalue weighted by Gasteiger charge is -2.15. The Balaban J connectivity index is 1.60. The summed E-state index contributed by atoms with van der Waals surface area (Å²) in [5.41, 5.74) is 7.13. The molecule has 0 bridgehead atoms. The van der Waals surface area contributed by atoms with E-state index in [1.165, 1.54) is 13.0 Å². The number of ether oxygens (including phenoxy) is 3. The van der Waals surface area contributed by atoms with E-state index >= 15 is 0 Å². The highest BCUT2D eigenvalue weighted by Crippen LogP contribution is 2.38. The topological polar surface area (TPSA) is 96.0 Å². The molecular formula is C35H32O7. The van der Waals surface area contributed by atoms with Gasteiger partial charge in [-0.1, -0.05) is 56.1 Å². The van der Waals surface area contributed by atoms with Crippen LogP contribution in [-0.4, -0.2) is 29.8 Å². The number of fused-ring (bicyclic) bond motifs is 1. The number of ketones is 1. The minimum atomic E-state index is -0.873. The average Bonchev–Trinajstić information content (AvgIpc) is 3.34. The van der Waals surface area contributed by atoms with Crippen LogP contribution in [0.25, 0.3) is 22.3 Å². The smallest absolute Gasteiger partial charge is 0.379 e. The number of hydrogen-bond acceptors (Lipinski definition) is 7. The van der Waals surface area contributed by atoms with Gasteiger partial charge in [-0.05, 0) is 78.8 Å². The molecule has 0 heterocycles. The third-order valence-electron chi connectivity index (χ3n) is 6.86. The average molecular weight is 565 g/mol. The molecule has 3 aromatic carbocycles. The molecule has 7 nitrogen and oxygen atoms in total. The predicted octanol–water partition coefficient (Wildman–Crippen LogP) is 6.45. The van der Waals surface area contributed by atoms with Gasteiger partial charge >= 0.3 is 17.9 Å². The fraction of sp³-hybridized carbons (Fsp3) is 0.200. The van der Waals surface area contributed by atoms with Gasteiger partial charge in [-0.25, -0.2) is 14.4 Å². The van der Waals surface area contributed by atoms with Gasteiger partial charge < -0.3 is 14.2 Å². The van der Waals surface area contributed by atoms with Crippen molar-refractivity contribution >= 4 is 23.7 Å². The minimum absolute atomic E-state index is 0.153. The van der Waals surface area contributed by atoms with Crippen molar-refractivity contribution in [2.75, 3.05) is 0 Å². The number of Topliss-reactive ketones (excluding diaryl/α,β-unsaturated/α-hetero) is 1. The van der Waals surface area contributed by atoms with E-state index in [2.05, 4.69) is 25.8 Å².